The highest BCUT2D eigenvalue weighted by molar-refractivity contribution is 6.03. The highest BCUT2D eigenvalue weighted by Gasteiger charge is 2.18. The van der Waals surface area contributed by atoms with Gasteiger partial charge in [-0.25, -0.2) is 9.78 Å². The lowest BCUT2D eigenvalue weighted by atomic mass is 9.98. The molecule has 1 aliphatic rings. The highest BCUT2D eigenvalue weighted by Crippen LogP contribution is 2.29. The number of nitrogens with zero attached hydrogens (tertiary/aromatic N) is 3. The molecule has 0 atom stereocenters. The monoisotopic (exact) mass is 381 g/mol. The molecular weight excluding hydrogens is 354 g/mol. The predicted molar refractivity (Wildman–Crippen MR) is 113 cm³/mol. The summed E-state index contributed by atoms with van der Waals surface area (Å²) in [5.41, 5.74) is 2.75. The van der Waals surface area contributed by atoms with Gasteiger partial charge in [0.15, 0.2) is 0 Å². The Morgan fingerprint density at radius 2 is 1.93 bits per heavy atom. The van der Waals surface area contributed by atoms with Crippen LogP contribution in [0.15, 0.2) is 30.5 Å². The van der Waals surface area contributed by atoms with E-state index in [0.29, 0.717) is 11.3 Å². The van der Waals surface area contributed by atoms with Crippen molar-refractivity contribution in [1.29, 1.82) is 5.41 Å². The van der Waals surface area contributed by atoms with Crippen LogP contribution in [-0.4, -0.2) is 66.4 Å². The molecule has 1 fully saturated rings. The van der Waals surface area contributed by atoms with Crippen LogP contribution in [0.2, 0.25) is 0 Å². The maximum atomic E-state index is 11.7. The number of aromatic nitrogens is 1. The van der Waals surface area contributed by atoms with E-state index in [1.165, 1.54) is 0 Å². The summed E-state index contributed by atoms with van der Waals surface area (Å²) < 4.78 is 0. The molecule has 3 N–H and O–H groups in total. The molecule has 0 bridgehead atoms. The molecule has 1 aromatic carbocycles. The van der Waals surface area contributed by atoms with Gasteiger partial charge in [0.1, 0.15) is 5.82 Å². The molecule has 1 aliphatic heterocycles. The number of piperazine rings is 1. The van der Waals surface area contributed by atoms with E-state index >= 15 is 0 Å². The molecule has 148 valence electrons. The normalized spacial score (nSPS) is 14.9. The van der Waals surface area contributed by atoms with Crippen LogP contribution in [0.3, 0.4) is 0 Å². The van der Waals surface area contributed by atoms with Crippen molar-refractivity contribution in [3.05, 3.63) is 41.6 Å². The van der Waals surface area contributed by atoms with Crippen molar-refractivity contribution in [2.24, 2.45) is 0 Å². The van der Waals surface area contributed by atoms with E-state index in [-0.39, 0.29) is 11.6 Å². The van der Waals surface area contributed by atoms with E-state index in [2.05, 4.69) is 27.1 Å². The molecule has 2 aromatic rings. The maximum absolute atomic E-state index is 11.7. The van der Waals surface area contributed by atoms with Crippen molar-refractivity contribution in [1.82, 2.24) is 9.88 Å². The van der Waals surface area contributed by atoms with Gasteiger partial charge in [-0.15, -0.1) is 0 Å². The molecule has 0 spiro atoms. The number of nitrogens with one attached hydrogen (secondary N) is 2. The Bertz CT molecular complexity index is 856. The topological polar surface area (TPSA) is 92.6 Å². The van der Waals surface area contributed by atoms with Gasteiger partial charge in [0, 0.05) is 61.4 Å². The van der Waals surface area contributed by atoms with E-state index in [4.69, 9.17) is 5.41 Å². The molecule has 1 aromatic heterocycles. The Morgan fingerprint density at radius 3 is 2.46 bits per heavy atom. The first-order chi connectivity index (χ1) is 13.4. The molecule has 2 heterocycles. The lowest BCUT2D eigenvalue weighted by molar-refractivity contribution is 0.0697. The summed E-state index contributed by atoms with van der Waals surface area (Å²) in [4.78, 5) is 20.9. The average Bonchev–Trinajstić information content (AvgIpc) is 2.67. The van der Waals surface area contributed by atoms with Gasteiger partial charge in [0.25, 0.3) is 0 Å². The van der Waals surface area contributed by atoms with Crippen molar-refractivity contribution in [3.8, 4) is 11.1 Å². The Hall–Kier alpha value is -2.93. The number of hydrogen-bond acceptors (Lipinski definition) is 6. The number of likely N-dealkylation sites (N-methyl/N-ethyl adjacent to an activating group) is 1. The van der Waals surface area contributed by atoms with Gasteiger partial charge >= 0.3 is 5.97 Å². The lowest BCUT2D eigenvalue weighted by Gasteiger charge is -2.33. The van der Waals surface area contributed by atoms with Crippen molar-refractivity contribution in [2.75, 3.05) is 43.4 Å². The summed E-state index contributed by atoms with van der Waals surface area (Å²) >= 11 is 0. The first-order valence-electron chi connectivity index (χ1n) is 9.47. The van der Waals surface area contributed by atoms with E-state index < -0.39 is 5.97 Å². The Morgan fingerprint density at radius 1 is 1.21 bits per heavy atom. The Kier molecular flexibility index (Phi) is 5.94. The molecule has 0 radical (unpaired) electrons. The Balaban J connectivity index is 1.95. The number of hydrogen-bond donors (Lipinski definition) is 3. The van der Waals surface area contributed by atoms with E-state index in [0.717, 1.165) is 49.3 Å². The van der Waals surface area contributed by atoms with Gasteiger partial charge in [-0.2, -0.15) is 0 Å². The summed E-state index contributed by atoms with van der Waals surface area (Å²) in [6, 6.07) is 7.58. The second-order valence-corrected chi connectivity index (χ2v) is 7.43. The van der Waals surface area contributed by atoms with Crippen LogP contribution in [0, 0.1) is 5.41 Å². The van der Waals surface area contributed by atoms with Crippen LogP contribution in [0.5, 0.6) is 0 Å². The van der Waals surface area contributed by atoms with Crippen LogP contribution in [0.4, 0.5) is 11.5 Å². The van der Waals surface area contributed by atoms with Crippen LogP contribution >= 0.6 is 0 Å². The summed E-state index contributed by atoms with van der Waals surface area (Å²) in [6.45, 7) is 7.88. The number of carboxylic acid groups (broad SMARTS) is 1. The van der Waals surface area contributed by atoms with Crippen LogP contribution in [-0.2, 0) is 0 Å². The molecule has 7 nitrogen and oxygen atoms in total. The van der Waals surface area contributed by atoms with E-state index in [9.17, 15) is 9.90 Å². The van der Waals surface area contributed by atoms with Crippen LogP contribution < -0.4 is 10.2 Å². The number of rotatable bonds is 6. The second kappa shape index (κ2) is 8.39. The number of benzene rings is 1. The average molecular weight is 381 g/mol. The zero-order chi connectivity index (χ0) is 20.3. The van der Waals surface area contributed by atoms with Crippen molar-refractivity contribution in [3.63, 3.8) is 0 Å². The third-order valence-electron chi connectivity index (χ3n) is 4.91. The SMILES string of the molecule is CC(C)Nc1cc(-c2ccc(N3CCN(C)CC3)nc2)cc(C(=O)O)c1C=N. The lowest BCUT2D eigenvalue weighted by Crippen LogP contribution is -2.44. The number of carboxylic acids is 1. The smallest absolute Gasteiger partial charge is 0.336 e. The summed E-state index contributed by atoms with van der Waals surface area (Å²) in [5.74, 6) is -0.110. The van der Waals surface area contributed by atoms with Gasteiger partial charge in [0.05, 0.1) is 5.56 Å². The minimum Gasteiger partial charge on any atom is -0.478 e. The number of carbonyl (C=O) groups is 1. The zero-order valence-corrected chi connectivity index (χ0v) is 16.6. The fraction of sp³-hybridized carbons (Fsp3) is 0.381. The highest BCUT2D eigenvalue weighted by atomic mass is 16.4. The van der Waals surface area contributed by atoms with E-state index in [1.54, 1.807) is 12.3 Å². The van der Waals surface area contributed by atoms with Crippen molar-refractivity contribution >= 4 is 23.7 Å². The number of pyridine rings is 1. The quantitative estimate of drug-likeness (QED) is 0.666. The van der Waals surface area contributed by atoms with Gasteiger partial charge in [-0.3, -0.25) is 0 Å². The molecule has 7 heteroatoms. The van der Waals surface area contributed by atoms with Gasteiger partial charge in [-0.1, -0.05) is 0 Å². The minimum absolute atomic E-state index is 0.110. The van der Waals surface area contributed by atoms with Crippen molar-refractivity contribution in [2.45, 2.75) is 19.9 Å². The van der Waals surface area contributed by atoms with Crippen molar-refractivity contribution < 1.29 is 9.90 Å². The summed E-state index contributed by atoms with van der Waals surface area (Å²) in [6.07, 6.45) is 2.88. The second-order valence-electron chi connectivity index (χ2n) is 7.43. The maximum Gasteiger partial charge on any atom is 0.336 e. The fourth-order valence-corrected chi connectivity index (χ4v) is 3.36. The first-order valence-corrected chi connectivity index (χ1v) is 9.47. The molecule has 0 saturated carbocycles. The largest absolute Gasteiger partial charge is 0.478 e. The first kappa shape index (κ1) is 19.8. The van der Waals surface area contributed by atoms with Crippen LogP contribution in [0.25, 0.3) is 11.1 Å². The number of anilines is 2. The number of aromatic carboxylic acids is 1. The molecule has 0 aliphatic carbocycles. The molecule has 28 heavy (non-hydrogen) atoms. The third-order valence-corrected chi connectivity index (χ3v) is 4.91. The standard InChI is InChI=1S/C21H27N5O2/c1-14(2)24-19-11-16(10-17(21(27)28)18(19)12-22)15-4-5-20(23-13-15)26-8-6-25(3)7-9-26/h4-5,10-14,22,24H,6-9H2,1-3H3,(H,27,28). The molecule has 3 rings (SSSR count). The fourth-order valence-electron chi connectivity index (χ4n) is 3.36. The van der Waals surface area contributed by atoms with Gasteiger partial charge < -0.3 is 25.6 Å². The van der Waals surface area contributed by atoms with Crippen LogP contribution in [0.1, 0.15) is 29.8 Å². The summed E-state index contributed by atoms with van der Waals surface area (Å²) in [5, 5.41) is 20.5. The minimum atomic E-state index is -1.05. The molecule has 0 unspecified atom stereocenters. The third kappa shape index (κ3) is 4.31. The van der Waals surface area contributed by atoms with Gasteiger partial charge in [0.2, 0.25) is 0 Å². The molecular formula is C21H27N5O2. The van der Waals surface area contributed by atoms with E-state index in [1.807, 2.05) is 32.0 Å². The van der Waals surface area contributed by atoms with Gasteiger partial charge in [-0.05, 0) is 50.7 Å². The zero-order valence-electron chi connectivity index (χ0n) is 16.6. The summed E-state index contributed by atoms with van der Waals surface area (Å²) in [7, 11) is 2.12. The molecule has 0 amide bonds. The molecule has 1 saturated heterocycles. The predicted octanol–water partition coefficient (Wildman–Crippen LogP) is 3.02. The Labute approximate surface area is 165 Å².